The van der Waals surface area contributed by atoms with E-state index in [0.29, 0.717) is 18.2 Å². The van der Waals surface area contributed by atoms with Gasteiger partial charge in [-0.05, 0) is 57.2 Å². The lowest BCUT2D eigenvalue weighted by atomic mass is 9.95. The molecule has 1 aromatic carbocycles. The lowest BCUT2D eigenvalue weighted by molar-refractivity contribution is 0.0939. The first-order chi connectivity index (χ1) is 14.5. The largest absolute Gasteiger partial charge is 0.357 e. The van der Waals surface area contributed by atoms with Crippen molar-refractivity contribution in [1.82, 2.24) is 16.0 Å². The van der Waals surface area contributed by atoms with E-state index in [0.717, 1.165) is 55.9 Å². The van der Waals surface area contributed by atoms with Crippen LogP contribution in [-0.4, -0.2) is 45.7 Å². The third kappa shape index (κ3) is 9.47. The molecule has 0 bridgehead atoms. The van der Waals surface area contributed by atoms with Gasteiger partial charge >= 0.3 is 0 Å². The Hall–Kier alpha value is -1.16. The topological polar surface area (TPSA) is 82.6 Å². The van der Waals surface area contributed by atoms with E-state index in [9.17, 15) is 9.00 Å². The van der Waals surface area contributed by atoms with E-state index < -0.39 is 10.8 Å². The van der Waals surface area contributed by atoms with Gasteiger partial charge in [0.05, 0.1) is 6.54 Å². The summed E-state index contributed by atoms with van der Waals surface area (Å²) < 4.78 is 12.2. The molecule has 0 aromatic heterocycles. The van der Waals surface area contributed by atoms with Crippen molar-refractivity contribution >= 4 is 46.6 Å². The predicted octanol–water partition coefficient (Wildman–Crippen LogP) is 3.97. The standard InChI is InChI=1S/C23H38N4O2S.HI/c1-5-17(4)26-22(28)19-11-8-10-18(14-19)16-25-23(24-6-2)27-20-12-9-13-21(15-20)30(29)7-3;/h8,10-11,14,17,20-21H,5-7,9,12-13,15-16H2,1-4H3,(H,26,28)(H2,24,25,27);1H. The number of nitrogens with one attached hydrogen (secondary N) is 3. The molecule has 1 fully saturated rings. The first kappa shape index (κ1) is 27.9. The first-order valence-electron chi connectivity index (χ1n) is 11.3. The highest BCUT2D eigenvalue weighted by Gasteiger charge is 2.26. The maximum Gasteiger partial charge on any atom is 0.251 e. The van der Waals surface area contributed by atoms with Crippen LogP contribution in [0.5, 0.6) is 0 Å². The molecule has 1 aliphatic rings. The molecule has 4 atom stereocenters. The van der Waals surface area contributed by atoms with Crippen molar-refractivity contribution in [2.24, 2.45) is 4.99 Å². The molecule has 1 aromatic rings. The number of halogens is 1. The summed E-state index contributed by atoms with van der Waals surface area (Å²) in [5.74, 6) is 1.46. The van der Waals surface area contributed by atoms with Crippen molar-refractivity contribution in [3.63, 3.8) is 0 Å². The van der Waals surface area contributed by atoms with Crippen molar-refractivity contribution in [3.05, 3.63) is 35.4 Å². The predicted molar refractivity (Wildman–Crippen MR) is 142 cm³/mol. The van der Waals surface area contributed by atoms with Crippen LogP contribution in [-0.2, 0) is 17.3 Å². The molecular weight excluding hydrogens is 523 g/mol. The fourth-order valence-corrected chi connectivity index (χ4v) is 5.00. The van der Waals surface area contributed by atoms with Gasteiger partial charge < -0.3 is 16.0 Å². The molecule has 2 rings (SSSR count). The molecule has 1 saturated carbocycles. The smallest absolute Gasteiger partial charge is 0.251 e. The van der Waals surface area contributed by atoms with Crippen molar-refractivity contribution in [2.45, 2.75) is 83.7 Å². The Morgan fingerprint density at radius 2 is 2.03 bits per heavy atom. The van der Waals surface area contributed by atoms with E-state index in [1.807, 2.05) is 45.0 Å². The Bertz CT molecular complexity index is 744. The van der Waals surface area contributed by atoms with E-state index in [-0.39, 0.29) is 41.2 Å². The van der Waals surface area contributed by atoms with Crippen molar-refractivity contribution in [1.29, 1.82) is 0 Å². The van der Waals surface area contributed by atoms with E-state index in [1.54, 1.807) is 0 Å². The molecule has 0 spiro atoms. The summed E-state index contributed by atoms with van der Waals surface area (Å²) >= 11 is 0. The van der Waals surface area contributed by atoms with Crippen LogP contribution in [0.1, 0.15) is 75.7 Å². The zero-order valence-corrected chi connectivity index (χ0v) is 22.4. The molecule has 8 heteroatoms. The number of hydrogen-bond donors (Lipinski definition) is 3. The first-order valence-corrected chi connectivity index (χ1v) is 12.7. The molecule has 1 amide bonds. The molecule has 0 aliphatic heterocycles. The van der Waals surface area contributed by atoms with Crippen LogP contribution in [0, 0.1) is 0 Å². The Labute approximate surface area is 207 Å². The minimum absolute atomic E-state index is 0. The van der Waals surface area contributed by atoms with E-state index >= 15 is 0 Å². The second-order valence-electron chi connectivity index (χ2n) is 7.98. The lowest BCUT2D eigenvalue weighted by Gasteiger charge is -2.30. The van der Waals surface area contributed by atoms with Crippen LogP contribution in [0.3, 0.4) is 0 Å². The van der Waals surface area contributed by atoms with Gasteiger partial charge in [0.15, 0.2) is 5.96 Å². The van der Waals surface area contributed by atoms with Gasteiger partial charge in [-0.15, -0.1) is 24.0 Å². The molecule has 0 heterocycles. The summed E-state index contributed by atoms with van der Waals surface area (Å²) in [6.45, 7) is 9.38. The Morgan fingerprint density at radius 3 is 2.71 bits per heavy atom. The fourth-order valence-electron chi connectivity index (χ4n) is 3.65. The third-order valence-corrected chi connectivity index (χ3v) is 7.31. The van der Waals surface area contributed by atoms with Gasteiger partial charge in [0.1, 0.15) is 0 Å². The quantitative estimate of drug-likeness (QED) is 0.242. The van der Waals surface area contributed by atoms with Gasteiger partial charge in [-0.1, -0.05) is 32.4 Å². The van der Waals surface area contributed by atoms with Gasteiger partial charge in [0.25, 0.3) is 5.91 Å². The van der Waals surface area contributed by atoms with Crippen molar-refractivity contribution in [3.8, 4) is 0 Å². The lowest BCUT2D eigenvalue weighted by Crippen LogP contribution is -2.46. The van der Waals surface area contributed by atoms with Crippen LogP contribution in [0.4, 0.5) is 0 Å². The Balaban J connectivity index is 0.00000480. The van der Waals surface area contributed by atoms with Gasteiger partial charge in [-0.25, -0.2) is 4.99 Å². The number of amides is 1. The minimum atomic E-state index is -0.737. The van der Waals surface area contributed by atoms with Crippen molar-refractivity contribution in [2.75, 3.05) is 12.3 Å². The normalized spacial score (nSPS) is 20.8. The molecule has 176 valence electrons. The number of rotatable bonds is 9. The summed E-state index contributed by atoms with van der Waals surface area (Å²) in [6.07, 6.45) is 5.06. The summed E-state index contributed by atoms with van der Waals surface area (Å²) in [6, 6.07) is 8.10. The molecule has 6 nitrogen and oxygen atoms in total. The Kier molecular flexibility index (Phi) is 13.3. The zero-order valence-electron chi connectivity index (χ0n) is 19.3. The summed E-state index contributed by atoms with van der Waals surface area (Å²) in [5.41, 5.74) is 1.66. The van der Waals surface area contributed by atoms with E-state index in [1.165, 1.54) is 0 Å². The van der Waals surface area contributed by atoms with Crippen LogP contribution in [0.2, 0.25) is 0 Å². The van der Waals surface area contributed by atoms with Gasteiger partial charge in [-0.3, -0.25) is 9.00 Å². The van der Waals surface area contributed by atoms with Crippen LogP contribution < -0.4 is 16.0 Å². The molecular formula is C23H39IN4O2S. The van der Waals surface area contributed by atoms with Gasteiger partial charge in [0.2, 0.25) is 0 Å². The number of benzene rings is 1. The number of carbonyl (C=O) groups excluding carboxylic acids is 1. The van der Waals surface area contributed by atoms with Crippen LogP contribution in [0.25, 0.3) is 0 Å². The Morgan fingerprint density at radius 1 is 1.26 bits per heavy atom. The average Bonchev–Trinajstić information content (AvgIpc) is 2.77. The number of nitrogens with zero attached hydrogens (tertiary/aromatic N) is 1. The van der Waals surface area contributed by atoms with Crippen LogP contribution in [0.15, 0.2) is 29.3 Å². The van der Waals surface area contributed by atoms with Gasteiger partial charge in [0, 0.05) is 46.0 Å². The third-order valence-electron chi connectivity index (χ3n) is 5.57. The van der Waals surface area contributed by atoms with E-state index in [4.69, 9.17) is 4.99 Å². The second kappa shape index (κ2) is 14.8. The number of carbonyl (C=O) groups is 1. The van der Waals surface area contributed by atoms with E-state index in [2.05, 4.69) is 22.9 Å². The highest BCUT2D eigenvalue weighted by atomic mass is 127. The summed E-state index contributed by atoms with van der Waals surface area (Å²) in [4.78, 5) is 17.1. The fraction of sp³-hybridized carbons (Fsp3) is 0.652. The molecule has 0 saturated heterocycles. The van der Waals surface area contributed by atoms with Gasteiger partial charge in [-0.2, -0.15) is 0 Å². The monoisotopic (exact) mass is 562 g/mol. The SMILES string of the molecule is CCNC(=NCc1cccc(C(=O)NC(C)CC)c1)NC1CCCC(S(=O)CC)C1.I. The highest BCUT2D eigenvalue weighted by molar-refractivity contribution is 14.0. The number of guanidine groups is 1. The molecule has 0 radical (unpaired) electrons. The van der Waals surface area contributed by atoms with Crippen molar-refractivity contribution < 1.29 is 9.00 Å². The van der Waals surface area contributed by atoms with Crippen LogP contribution >= 0.6 is 24.0 Å². The maximum absolute atomic E-state index is 12.4. The molecule has 1 aliphatic carbocycles. The second-order valence-corrected chi connectivity index (χ2v) is 9.98. The summed E-state index contributed by atoms with van der Waals surface area (Å²) in [5, 5.41) is 10.1. The highest BCUT2D eigenvalue weighted by Crippen LogP contribution is 2.23. The number of aliphatic imine (C=N–C) groups is 1. The molecule has 31 heavy (non-hydrogen) atoms. The zero-order chi connectivity index (χ0) is 21.9. The number of hydrogen-bond acceptors (Lipinski definition) is 3. The minimum Gasteiger partial charge on any atom is -0.357 e. The molecule has 3 N–H and O–H groups in total. The maximum atomic E-state index is 12.4. The molecule has 4 unspecified atom stereocenters. The summed E-state index contributed by atoms with van der Waals surface area (Å²) in [7, 11) is -0.737. The average molecular weight is 563 g/mol.